The molecule has 5 heteroatoms. The van der Waals surface area contributed by atoms with Crippen molar-refractivity contribution in [3.8, 4) is 11.5 Å². The van der Waals surface area contributed by atoms with Gasteiger partial charge in [0.15, 0.2) is 11.5 Å². The first-order valence-electron chi connectivity index (χ1n) is 8.78. The van der Waals surface area contributed by atoms with E-state index >= 15 is 0 Å². The minimum absolute atomic E-state index is 0.424. The Hall–Kier alpha value is -2.69. The highest BCUT2D eigenvalue weighted by atomic mass is 16.7. The van der Waals surface area contributed by atoms with Crippen LogP contribution in [0.5, 0.6) is 11.5 Å². The lowest BCUT2D eigenvalue weighted by Gasteiger charge is -2.31. The van der Waals surface area contributed by atoms with Crippen LogP contribution in [0.4, 0.5) is 5.69 Å². The number of amides is 1. The van der Waals surface area contributed by atoms with Crippen LogP contribution in [0.25, 0.3) is 0 Å². The molecule has 1 atom stereocenters. The molecular weight excluding hydrogens is 316 g/mol. The summed E-state index contributed by atoms with van der Waals surface area (Å²) in [5.41, 5.74) is 7.19. The van der Waals surface area contributed by atoms with Crippen LogP contribution in [0.15, 0.2) is 48.5 Å². The highest BCUT2D eigenvalue weighted by Crippen LogP contribution is 2.46. The number of hydrogen-bond donors (Lipinski definition) is 2. The fourth-order valence-corrected chi connectivity index (χ4v) is 3.61. The number of anilines is 1. The van der Waals surface area contributed by atoms with Gasteiger partial charge < -0.3 is 20.5 Å². The molecule has 0 aromatic heterocycles. The fourth-order valence-electron chi connectivity index (χ4n) is 3.61. The third kappa shape index (κ3) is 3.14. The van der Waals surface area contributed by atoms with Crippen molar-refractivity contribution in [1.82, 2.24) is 0 Å². The van der Waals surface area contributed by atoms with Gasteiger partial charge in [-0.25, -0.2) is 0 Å². The number of nitrogens with one attached hydrogen (secondary N) is 1. The minimum atomic E-state index is -0.592. The molecule has 1 heterocycles. The van der Waals surface area contributed by atoms with E-state index < -0.39 is 17.7 Å². The monoisotopic (exact) mass is 338 g/mol. The van der Waals surface area contributed by atoms with Crippen LogP contribution < -0.4 is 20.5 Å². The summed E-state index contributed by atoms with van der Waals surface area (Å²) in [7, 11) is 0. The number of carbonyl (C=O) groups is 1. The van der Waals surface area contributed by atoms with Gasteiger partial charge in [0.05, 0.1) is 0 Å². The molecule has 25 heavy (non-hydrogen) atoms. The Kier molecular flexibility index (Phi) is 3.99. The van der Waals surface area contributed by atoms with E-state index in [1.165, 1.54) is 6.42 Å². The lowest BCUT2D eigenvalue weighted by molar-refractivity contribution is -0.118. The highest BCUT2D eigenvalue weighted by molar-refractivity contribution is 5.84. The molecule has 1 aliphatic carbocycles. The summed E-state index contributed by atoms with van der Waals surface area (Å²) in [6.07, 6.45) is 5.30. The van der Waals surface area contributed by atoms with Crippen LogP contribution in [-0.4, -0.2) is 11.7 Å². The van der Waals surface area contributed by atoms with Crippen molar-refractivity contribution in [2.75, 3.05) is 5.32 Å². The fraction of sp³-hybridized carbons (Fsp3) is 0.350. The van der Waals surface area contributed by atoms with E-state index in [0.717, 1.165) is 48.4 Å². The van der Waals surface area contributed by atoms with Crippen molar-refractivity contribution >= 4 is 11.6 Å². The van der Waals surface area contributed by atoms with Crippen molar-refractivity contribution in [3.05, 3.63) is 54.1 Å². The smallest absolute Gasteiger partial charge is 0.251 e. The molecule has 2 aliphatic rings. The third-order valence-corrected chi connectivity index (χ3v) is 4.88. The Morgan fingerprint density at radius 3 is 2.44 bits per heavy atom. The Morgan fingerprint density at radius 1 is 1.00 bits per heavy atom. The molecule has 2 aromatic carbocycles. The second-order valence-electron chi connectivity index (χ2n) is 6.73. The van der Waals surface area contributed by atoms with Gasteiger partial charge in [0.25, 0.3) is 5.79 Å². The molecule has 0 unspecified atom stereocenters. The molecule has 3 N–H and O–H groups in total. The van der Waals surface area contributed by atoms with Gasteiger partial charge in [-0.2, -0.15) is 0 Å². The first-order valence-corrected chi connectivity index (χ1v) is 8.78. The number of fused-ring (bicyclic) bond motifs is 1. The van der Waals surface area contributed by atoms with E-state index in [1.54, 1.807) is 0 Å². The standard InChI is InChI=1S/C20H22N2O3/c21-19(23)18(14-7-3-1-4-8-14)22-15-9-10-16-17(13-15)25-20(24-16)11-5-2-6-12-20/h1,3-4,7-10,13,18,22H,2,5-6,11-12H2,(H2,21,23)/t18-/m1/s1. The zero-order chi connectivity index (χ0) is 17.3. The van der Waals surface area contributed by atoms with Gasteiger partial charge in [-0.05, 0) is 30.5 Å². The number of benzene rings is 2. The van der Waals surface area contributed by atoms with Gasteiger partial charge in [-0.3, -0.25) is 4.79 Å². The number of nitrogens with two attached hydrogens (primary N) is 1. The van der Waals surface area contributed by atoms with Crippen LogP contribution in [-0.2, 0) is 4.79 Å². The summed E-state index contributed by atoms with van der Waals surface area (Å²) < 4.78 is 12.2. The van der Waals surface area contributed by atoms with Crippen LogP contribution in [0.1, 0.15) is 43.7 Å². The van der Waals surface area contributed by atoms with Gasteiger partial charge in [-0.1, -0.05) is 36.8 Å². The van der Waals surface area contributed by atoms with Crippen LogP contribution in [0, 0.1) is 0 Å². The van der Waals surface area contributed by atoms with Gasteiger partial charge in [0, 0.05) is 24.6 Å². The maximum absolute atomic E-state index is 11.9. The number of primary amides is 1. The summed E-state index contributed by atoms with van der Waals surface area (Å²) in [6, 6.07) is 14.5. The average molecular weight is 338 g/mol. The van der Waals surface area contributed by atoms with E-state index in [0.29, 0.717) is 0 Å². The minimum Gasteiger partial charge on any atom is -0.448 e. The first-order chi connectivity index (χ1) is 12.2. The molecule has 2 aromatic rings. The van der Waals surface area contributed by atoms with Gasteiger partial charge in [-0.15, -0.1) is 0 Å². The number of hydrogen-bond acceptors (Lipinski definition) is 4. The summed E-state index contributed by atoms with van der Waals surface area (Å²) in [5.74, 6) is 0.570. The second-order valence-corrected chi connectivity index (χ2v) is 6.73. The van der Waals surface area contributed by atoms with Gasteiger partial charge in [0.1, 0.15) is 6.04 Å². The normalized spacial score (nSPS) is 18.7. The van der Waals surface area contributed by atoms with Crippen LogP contribution in [0.3, 0.4) is 0 Å². The molecule has 0 bridgehead atoms. The predicted molar refractivity (Wildman–Crippen MR) is 95.5 cm³/mol. The van der Waals surface area contributed by atoms with Gasteiger partial charge in [0.2, 0.25) is 5.91 Å². The van der Waals surface area contributed by atoms with Crippen molar-refractivity contribution in [3.63, 3.8) is 0 Å². The van der Waals surface area contributed by atoms with Crippen LogP contribution in [0.2, 0.25) is 0 Å². The predicted octanol–water partition coefficient (Wildman–Crippen LogP) is 3.76. The molecule has 4 rings (SSSR count). The van der Waals surface area contributed by atoms with Crippen LogP contribution >= 0.6 is 0 Å². The molecule has 1 amide bonds. The molecule has 0 saturated heterocycles. The quantitative estimate of drug-likeness (QED) is 0.890. The van der Waals surface area contributed by atoms with Gasteiger partial charge >= 0.3 is 0 Å². The number of rotatable bonds is 4. The lowest BCUT2D eigenvalue weighted by Crippen LogP contribution is -2.40. The largest absolute Gasteiger partial charge is 0.448 e. The van der Waals surface area contributed by atoms with Crippen molar-refractivity contribution in [2.45, 2.75) is 43.9 Å². The topological polar surface area (TPSA) is 73.6 Å². The summed E-state index contributed by atoms with van der Waals surface area (Å²) in [4.78, 5) is 11.9. The molecule has 1 spiro atoms. The summed E-state index contributed by atoms with van der Waals surface area (Å²) >= 11 is 0. The Bertz CT molecular complexity index is 770. The highest BCUT2D eigenvalue weighted by Gasteiger charge is 2.42. The molecule has 130 valence electrons. The number of carbonyl (C=O) groups excluding carboxylic acids is 1. The average Bonchev–Trinajstić information content (AvgIpc) is 2.97. The maximum atomic E-state index is 11.9. The SMILES string of the molecule is NC(=O)[C@H](Nc1ccc2c(c1)OC1(CCCCC1)O2)c1ccccc1. The third-order valence-electron chi connectivity index (χ3n) is 4.88. The lowest BCUT2D eigenvalue weighted by atomic mass is 9.94. The molecule has 1 saturated carbocycles. The van der Waals surface area contributed by atoms with E-state index in [4.69, 9.17) is 15.2 Å². The molecule has 1 fully saturated rings. The molecule has 5 nitrogen and oxygen atoms in total. The maximum Gasteiger partial charge on any atom is 0.251 e. The molecular formula is C20H22N2O3. The first kappa shape index (κ1) is 15.8. The van der Waals surface area contributed by atoms with Crippen molar-refractivity contribution < 1.29 is 14.3 Å². The summed E-state index contributed by atoms with van der Waals surface area (Å²) in [5, 5.41) is 3.21. The van der Waals surface area contributed by atoms with E-state index in [9.17, 15) is 4.79 Å². The Labute approximate surface area is 147 Å². The van der Waals surface area contributed by atoms with Crippen molar-refractivity contribution in [1.29, 1.82) is 0 Å². The Morgan fingerprint density at radius 2 is 1.72 bits per heavy atom. The van der Waals surface area contributed by atoms with E-state index in [-0.39, 0.29) is 0 Å². The van der Waals surface area contributed by atoms with Crippen molar-refractivity contribution in [2.24, 2.45) is 5.73 Å². The Balaban J connectivity index is 1.55. The zero-order valence-electron chi connectivity index (χ0n) is 14.0. The number of ether oxygens (including phenoxy) is 2. The van der Waals surface area contributed by atoms with E-state index in [2.05, 4.69) is 5.32 Å². The summed E-state index contributed by atoms with van der Waals surface area (Å²) in [6.45, 7) is 0. The molecule has 0 radical (unpaired) electrons. The molecule has 1 aliphatic heterocycles. The zero-order valence-corrected chi connectivity index (χ0v) is 14.0. The van der Waals surface area contributed by atoms with E-state index in [1.807, 2.05) is 48.5 Å². The second kappa shape index (κ2) is 6.31.